The molecule has 1 heterocycles. The molecule has 0 spiro atoms. The molecule has 3 nitrogen and oxygen atoms in total. The summed E-state index contributed by atoms with van der Waals surface area (Å²) >= 11 is 0. The molecule has 0 fully saturated rings. The highest BCUT2D eigenvalue weighted by Gasteiger charge is 2.02. The van der Waals surface area contributed by atoms with Gasteiger partial charge in [0, 0.05) is 31.6 Å². The van der Waals surface area contributed by atoms with E-state index in [1.165, 1.54) is 11.1 Å². The molecule has 0 saturated heterocycles. The van der Waals surface area contributed by atoms with E-state index in [4.69, 9.17) is 4.74 Å². The van der Waals surface area contributed by atoms with E-state index in [9.17, 15) is 0 Å². The number of aromatic nitrogens is 1. The van der Waals surface area contributed by atoms with Crippen molar-refractivity contribution in [2.45, 2.75) is 33.4 Å². The molecule has 1 aromatic heterocycles. The van der Waals surface area contributed by atoms with E-state index < -0.39 is 0 Å². The van der Waals surface area contributed by atoms with Gasteiger partial charge in [0.1, 0.15) is 0 Å². The van der Waals surface area contributed by atoms with Crippen molar-refractivity contribution in [1.29, 1.82) is 0 Å². The Balaban J connectivity index is 2.33. The Kier molecular flexibility index (Phi) is 5.29. The molecular formula is C12H20N2O. The van der Waals surface area contributed by atoms with Crippen LogP contribution in [0.25, 0.3) is 0 Å². The van der Waals surface area contributed by atoms with Gasteiger partial charge in [-0.2, -0.15) is 0 Å². The van der Waals surface area contributed by atoms with Crippen molar-refractivity contribution in [1.82, 2.24) is 10.3 Å². The maximum absolute atomic E-state index is 5.34. The lowest BCUT2D eigenvalue weighted by molar-refractivity contribution is 0.127. The number of nitrogens with zero attached hydrogens (tertiary/aromatic N) is 1. The molecule has 15 heavy (non-hydrogen) atoms. The van der Waals surface area contributed by atoms with E-state index in [2.05, 4.69) is 24.1 Å². The fraction of sp³-hybridized carbons (Fsp3) is 0.583. The zero-order valence-electron chi connectivity index (χ0n) is 9.79. The average molecular weight is 208 g/mol. The maximum atomic E-state index is 5.34. The van der Waals surface area contributed by atoms with Crippen molar-refractivity contribution >= 4 is 0 Å². The second-order valence-corrected chi connectivity index (χ2v) is 3.74. The minimum absolute atomic E-state index is 0.379. The van der Waals surface area contributed by atoms with Crippen molar-refractivity contribution in [3.05, 3.63) is 29.6 Å². The Morgan fingerprint density at radius 2 is 2.33 bits per heavy atom. The van der Waals surface area contributed by atoms with E-state index in [1.807, 2.05) is 25.4 Å². The summed E-state index contributed by atoms with van der Waals surface area (Å²) in [6.45, 7) is 8.63. The highest BCUT2D eigenvalue weighted by Crippen LogP contribution is 2.04. The van der Waals surface area contributed by atoms with Crippen molar-refractivity contribution < 1.29 is 4.74 Å². The second-order valence-electron chi connectivity index (χ2n) is 3.74. The van der Waals surface area contributed by atoms with Gasteiger partial charge in [-0.3, -0.25) is 4.98 Å². The molecule has 0 aromatic carbocycles. The van der Waals surface area contributed by atoms with Gasteiger partial charge in [-0.15, -0.1) is 0 Å². The van der Waals surface area contributed by atoms with Crippen LogP contribution in [0, 0.1) is 6.92 Å². The van der Waals surface area contributed by atoms with E-state index in [0.717, 1.165) is 19.8 Å². The van der Waals surface area contributed by atoms with Crippen molar-refractivity contribution in [2.75, 3.05) is 13.2 Å². The Labute approximate surface area is 91.9 Å². The van der Waals surface area contributed by atoms with Gasteiger partial charge in [0.25, 0.3) is 0 Å². The molecule has 3 heteroatoms. The molecule has 1 aromatic rings. The van der Waals surface area contributed by atoms with Crippen molar-refractivity contribution in [3.63, 3.8) is 0 Å². The fourth-order valence-corrected chi connectivity index (χ4v) is 1.32. The maximum Gasteiger partial charge on any atom is 0.0616 e. The zero-order chi connectivity index (χ0) is 11.1. The minimum atomic E-state index is 0.379. The number of hydrogen-bond donors (Lipinski definition) is 1. The average Bonchev–Trinajstić information content (AvgIpc) is 2.25. The quantitative estimate of drug-likeness (QED) is 0.775. The number of ether oxygens (including phenoxy) is 1. The van der Waals surface area contributed by atoms with Crippen molar-refractivity contribution in [3.8, 4) is 0 Å². The van der Waals surface area contributed by atoms with Gasteiger partial charge in [0.15, 0.2) is 0 Å². The van der Waals surface area contributed by atoms with Gasteiger partial charge in [-0.05, 0) is 38.0 Å². The summed E-state index contributed by atoms with van der Waals surface area (Å²) in [6.07, 6.45) is 3.73. The number of nitrogens with one attached hydrogen (secondary N) is 1. The van der Waals surface area contributed by atoms with Crippen molar-refractivity contribution in [2.24, 2.45) is 0 Å². The number of rotatable bonds is 6. The molecule has 1 N–H and O–H groups in total. The second kappa shape index (κ2) is 6.53. The molecule has 1 rings (SSSR count). The molecule has 0 saturated carbocycles. The van der Waals surface area contributed by atoms with Gasteiger partial charge in [-0.25, -0.2) is 0 Å². The molecule has 0 amide bonds. The lowest BCUT2D eigenvalue weighted by Crippen LogP contribution is -2.30. The SMILES string of the molecule is CCOCC(C)NCc1cnccc1C. The molecule has 0 bridgehead atoms. The third-order valence-corrected chi connectivity index (χ3v) is 2.36. The fourth-order valence-electron chi connectivity index (χ4n) is 1.32. The van der Waals surface area contributed by atoms with E-state index >= 15 is 0 Å². The molecule has 0 aliphatic heterocycles. The molecule has 0 radical (unpaired) electrons. The number of hydrogen-bond acceptors (Lipinski definition) is 3. The van der Waals surface area contributed by atoms with Crippen LogP contribution < -0.4 is 5.32 Å². The van der Waals surface area contributed by atoms with E-state index in [0.29, 0.717) is 6.04 Å². The first-order valence-electron chi connectivity index (χ1n) is 5.44. The van der Waals surface area contributed by atoms with Crippen LogP contribution in [0.15, 0.2) is 18.5 Å². The molecule has 84 valence electrons. The standard InChI is InChI=1S/C12H20N2O/c1-4-15-9-11(3)14-8-12-7-13-6-5-10(12)2/h5-7,11,14H,4,8-9H2,1-3H3. The summed E-state index contributed by atoms with van der Waals surface area (Å²) in [7, 11) is 0. The summed E-state index contributed by atoms with van der Waals surface area (Å²) < 4.78 is 5.34. The van der Waals surface area contributed by atoms with Gasteiger partial charge >= 0.3 is 0 Å². The van der Waals surface area contributed by atoms with E-state index in [-0.39, 0.29) is 0 Å². The lowest BCUT2D eigenvalue weighted by atomic mass is 10.1. The number of pyridine rings is 1. The first-order valence-corrected chi connectivity index (χ1v) is 5.44. The van der Waals surface area contributed by atoms with Crippen LogP contribution in [0.2, 0.25) is 0 Å². The first-order chi connectivity index (χ1) is 7.24. The first kappa shape index (κ1) is 12.1. The highest BCUT2D eigenvalue weighted by molar-refractivity contribution is 5.21. The summed E-state index contributed by atoms with van der Waals surface area (Å²) in [5.41, 5.74) is 2.53. The van der Waals surface area contributed by atoms with Crippen LogP contribution in [0.1, 0.15) is 25.0 Å². The molecular weight excluding hydrogens is 188 g/mol. The summed E-state index contributed by atoms with van der Waals surface area (Å²) in [4.78, 5) is 4.11. The summed E-state index contributed by atoms with van der Waals surface area (Å²) in [5, 5.41) is 3.41. The summed E-state index contributed by atoms with van der Waals surface area (Å²) in [5.74, 6) is 0. The third kappa shape index (κ3) is 4.40. The largest absolute Gasteiger partial charge is 0.380 e. The molecule has 1 atom stereocenters. The zero-order valence-corrected chi connectivity index (χ0v) is 9.79. The highest BCUT2D eigenvalue weighted by atomic mass is 16.5. The Morgan fingerprint density at radius 3 is 3.00 bits per heavy atom. The lowest BCUT2D eigenvalue weighted by Gasteiger charge is -2.14. The Morgan fingerprint density at radius 1 is 1.53 bits per heavy atom. The third-order valence-electron chi connectivity index (χ3n) is 2.36. The van der Waals surface area contributed by atoms with Gasteiger partial charge in [0.05, 0.1) is 6.61 Å². The van der Waals surface area contributed by atoms with Crippen LogP contribution in [-0.2, 0) is 11.3 Å². The van der Waals surface area contributed by atoms with Gasteiger partial charge < -0.3 is 10.1 Å². The minimum Gasteiger partial charge on any atom is -0.380 e. The van der Waals surface area contributed by atoms with Crippen LogP contribution in [0.5, 0.6) is 0 Å². The number of aryl methyl sites for hydroxylation is 1. The van der Waals surface area contributed by atoms with Crippen LogP contribution in [-0.4, -0.2) is 24.2 Å². The predicted molar refractivity (Wildman–Crippen MR) is 61.8 cm³/mol. The Bertz CT molecular complexity index is 289. The summed E-state index contributed by atoms with van der Waals surface area (Å²) in [6, 6.07) is 2.41. The smallest absolute Gasteiger partial charge is 0.0616 e. The predicted octanol–water partition coefficient (Wildman–Crippen LogP) is 1.90. The molecule has 0 aliphatic carbocycles. The van der Waals surface area contributed by atoms with Gasteiger partial charge in [-0.1, -0.05) is 0 Å². The van der Waals surface area contributed by atoms with E-state index in [1.54, 1.807) is 0 Å². The molecule has 0 aliphatic rings. The normalized spacial score (nSPS) is 12.7. The Hall–Kier alpha value is -0.930. The van der Waals surface area contributed by atoms with Gasteiger partial charge in [0.2, 0.25) is 0 Å². The van der Waals surface area contributed by atoms with Crippen LogP contribution in [0.3, 0.4) is 0 Å². The monoisotopic (exact) mass is 208 g/mol. The van der Waals surface area contributed by atoms with Crippen LogP contribution >= 0.6 is 0 Å². The topological polar surface area (TPSA) is 34.1 Å². The molecule has 1 unspecified atom stereocenters. The van der Waals surface area contributed by atoms with Crippen LogP contribution in [0.4, 0.5) is 0 Å².